The molecule has 0 atom stereocenters. The maximum absolute atomic E-state index is 11.7. The van der Waals surface area contributed by atoms with Crippen LogP contribution in [0.1, 0.15) is 27.6 Å². The molecule has 0 amide bonds. The van der Waals surface area contributed by atoms with Crippen molar-refractivity contribution in [1.29, 1.82) is 0 Å². The summed E-state index contributed by atoms with van der Waals surface area (Å²) in [6.07, 6.45) is 0. The van der Waals surface area contributed by atoms with Gasteiger partial charge in [-0.2, -0.15) is 0 Å². The van der Waals surface area contributed by atoms with Crippen LogP contribution < -0.4 is 0 Å². The number of carbonyl (C=O) groups is 2. The van der Waals surface area contributed by atoms with E-state index in [1.165, 1.54) is 19.1 Å². The molecule has 78 valence electrons. The Hall–Kier alpha value is -1.61. The molecule has 0 saturated heterocycles. The van der Waals surface area contributed by atoms with Gasteiger partial charge in [-0.3, -0.25) is 4.79 Å². The predicted molar refractivity (Wildman–Crippen MR) is 57.3 cm³/mol. The van der Waals surface area contributed by atoms with Crippen LogP contribution in [-0.2, 0) is 0 Å². The summed E-state index contributed by atoms with van der Waals surface area (Å²) in [4.78, 5) is 22.5. The van der Waals surface area contributed by atoms with Crippen LogP contribution in [0.15, 0.2) is 35.4 Å². The molecule has 1 aromatic carbocycles. The zero-order chi connectivity index (χ0) is 11.4. The summed E-state index contributed by atoms with van der Waals surface area (Å²) in [5.74, 6) is -1.50. The number of hydrogen-bond donors (Lipinski definition) is 1. The van der Waals surface area contributed by atoms with Gasteiger partial charge < -0.3 is 5.11 Å². The maximum atomic E-state index is 11.7. The quantitative estimate of drug-likeness (QED) is 0.635. The molecule has 1 aromatic rings. The molecule has 0 spiro atoms. The number of hydrogen-bond acceptors (Lipinski definition) is 2. The van der Waals surface area contributed by atoms with E-state index in [0.717, 1.165) is 5.54 Å². The summed E-state index contributed by atoms with van der Waals surface area (Å²) < 4.78 is 0. The van der Waals surface area contributed by atoms with Gasteiger partial charge in [0.2, 0.25) is 0 Å². The lowest BCUT2D eigenvalue weighted by Crippen LogP contribution is -2.08. The Morgan fingerprint density at radius 3 is 2.27 bits per heavy atom. The Kier molecular flexibility index (Phi) is 3.63. The molecule has 0 radical (unpaired) electrons. The van der Waals surface area contributed by atoms with Crippen molar-refractivity contribution in [3.05, 3.63) is 46.5 Å². The molecule has 3 nitrogen and oxygen atoms in total. The first-order valence-corrected chi connectivity index (χ1v) is 4.65. The molecule has 0 aliphatic carbocycles. The molecule has 0 aromatic heterocycles. The van der Waals surface area contributed by atoms with Crippen molar-refractivity contribution in [2.24, 2.45) is 0 Å². The maximum Gasteiger partial charge on any atom is 0.336 e. The molecule has 15 heavy (non-hydrogen) atoms. The zero-order valence-electron chi connectivity index (χ0n) is 8.03. The summed E-state index contributed by atoms with van der Waals surface area (Å²) in [7, 11) is 0. The molecule has 0 fully saturated rings. The topological polar surface area (TPSA) is 54.4 Å². The van der Waals surface area contributed by atoms with Gasteiger partial charge in [0.25, 0.3) is 0 Å². The second kappa shape index (κ2) is 4.75. The second-order valence-corrected chi connectivity index (χ2v) is 3.19. The molecule has 0 aliphatic heterocycles. The van der Waals surface area contributed by atoms with Crippen LogP contribution in [0.25, 0.3) is 0 Å². The van der Waals surface area contributed by atoms with Crippen molar-refractivity contribution in [3.8, 4) is 0 Å². The molecule has 1 rings (SSSR count). The average Bonchev–Trinajstić information content (AvgIpc) is 2.27. The number of allylic oxidation sites excluding steroid dienone is 1. The minimum Gasteiger partial charge on any atom is -0.478 e. The van der Waals surface area contributed by atoms with Crippen LogP contribution in [0.4, 0.5) is 0 Å². The van der Waals surface area contributed by atoms with E-state index in [1.54, 1.807) is 12.1 Å². The largest absolute Gasteiger partial charge is 0.478 e. The number of Topliss-reactive ketones (excluding diaryl/α,β-unsaturated/α-hetero) is 1. The number of rotatable bonds is 3. The summed E-state index contributed by atoms with van der Waals surface area (Å²) in [6.45, 7) is 1.54. The molecule has 0 unspecified atom stereocenters. The highest BCUT2D eigenvalue weighted by atomic mass is 35.5. The summed E-state index contributed by atoms with van der Waals surface area (Å²) in [5.41, 5.74) is 1.59. The van der Waals surface area contributed by atoms with Crippen LogP contribution in [0, 0.1) is 0 Å². The summed E-state index contributed by atoms with van der Waals surface area (Å²) in [6, 6.07) is 6.04. The molecule has 1 N–H and O–H groups in total. The smallest absolute Gasteiger partial charge is 0.336 e. The fraction of sp³-hybridized carbons (Fsp3) is 0.0909. The van der Waals surface area contributed by atoms with E-state index in [1.807, 2.05) is 0 Å². The van der Waals surface area contributed by atoms with Crippen LogP contribution in [-0.4, -0.2) is 16.9 Å². The lowest BCUT2D eigenvalue weighted by atomic mass is 10.00. The Morgan fingerprint density at radius 1 is 1.27 bits per heavy atom. The van der Waals surface area contributed by atoms with E-state index in [4.69, 9.17) is 16.7 Å². The van der Waals surface area contributed by atoms with Gasteiger partial charge in [0.15, 0.2) is 5.78 Å². The fourth-order valence-corrected chi connectivity index (χ4v) is 1.23. The molecule has 0 saturated carbocycles. The number of halogens is 1. The van der Waals surface area contributed by atoms with E-state index in [0.29, 0.717) is 5.57 Å². The van der Waals surface area contributed by atoms with Crippen molar-refractivity contribution in [2.75, 3.05) is 0 Å². The highest BCUT2D eigenvalue weighted by molar-refractivity contribution is 6.29. The Morgan fingerprint density at radius 2 is 1.80 bits per heavy atom. The molecule has 0 heterocycles. The van der Waals surface area contributed by atoms with E-state index in [2.05, 4.69) is 0 Å². The van der Waals surface area contributed by atoms with E-state index < -0.39 is 5.97 Å². The van der Waals surface area contributed by atoms with Gasteiger partial charge in [0, 0.05) is 16.7 Å². The van der Waals surface area contributed by atoms with Crippen LogP contribution in [0.3, 0.4) is 0 Å². The number of benzene rings is 1. The number of carbonyl (C=O) groups excluding carboxylic acids is 1. The minimum absolute atomic E-state index is 0.0135. The van der Waals surface area contributed by atoms with Gasteiger partial charge >= 0.3 is 5.97 Å². The lowest BCUT2D eigenvalue weighted by Gasteiger charge is -2.03. The van der Waals surface area contributed by atoms with E-state index >= 15 is 0 Å². The van der Waals surface area contributed by atoms with E-state index in [9.17, 15) is 9.59 Å². The molecule has 0 bridgehead atoms. The Labute approximate surface area is 92.0 Å². The van der Waals surface area contributed by atoms with Crippen molar-refractivity contribution in [2.45, 2.75) is 6.92 Å². The SMILES string of the molecule is CC(=CCl)C(=O)c1ccccc1C(=O)O. The molecular formula is C11H9ClO3. The third-order valence-corrected chi connectivity index (χ3v) is 2.25. The van der Waals surface area contributed by atoms with Crippen molar-refractivity contribution >= 4 is 23.4 Å². The van der Waals surface area contributed by atoms with Crippen molar-refractivity contribution in [1.82, 2.24) is 0 Å². The predicted octanol–water partition coefficient (Wildman–Crippen LogP) is 2.71. The van der Waals surface area contributed by atoms with Gasteiger partial charge in [-0.05, 0) is 13.0 Å². The standard InChI is InChI=1S/C11H9ClO3/c1-7(6-12)10(13)8-4-2-3-5-9(8)11(14)15/h2-6H,1H3,(H,14,15). The first kappa shape index (κ1) is 11.5. The van der Waals surface area contributed by atoms with Gasteiger partial charge in [0.1, 0.15) is 0 Å². The number of carboxylic acid groups (broad SMARTS) is 1. The molecule has 4 heteroatoms. The highest BCUT2D eigenvalue weighted by Crippen LogP contribution is 2.14. The van der Waals surface area contributed by atoms with Gasteiger partial charge in [-0.25, -0.2) is 4.79 Å². The monoisotopic (exact) mass is 224 g/mol. The zero-order valence-corrected chi connectivity index (χ0v) is 8.78. The number of carboxylic acids is 1. The highest BCUT2D eigenvalue weighted by Gasteiger charge is 2.16. The van der Waals surface area contributed by atoms with Crippen molar-refractivity contribution < 1.29 is 14.7 Å². The third kappa shape index (κ3) is 2.44. The fourth-order valence-electron chi connectivity index (χ4n) is 1.13. The number of ketones is 1. The molecular weight excluding hydrogens is 216 g/mol. The Balaban J connectivity index is 3.26. The van der Waals surface area contributed by atoms with Crippen LogP contribution in [0.2, 0.25) is 0 Å². The summed E-state index contributed by atoms with van der Waals surface area (Å²) in [5, 5.41) is 8.86. The first-order chi connectivity index (χ1) is 7.07. The van der Waals surface area contributed by atoms with Crippen LogP contribution in [0.5, 0.6) is 0 Å². The minimum atomic E-state index is -1.12. The van der Waals surface area contributed by atoms with E-state index in [-0.39, 0.29) is 16.9 Å². The lowest BCUT2D eigenvalue weighted by molar-refractivity contribution is 0.0692. The number of aromatic carboxylic acids is 1. The Bertz CT molecular complexity index is 435. The second-order valence-electron chi connectivity index (χ2n) is 2.97. The first-order valence-electron chi connectivity index (χ1n) is 4.22. The molecule has 0 aliphatic rings. The van der Waals surface area contributed by atoms with Gasteiger partial charge in [-0.15, -0.1) is 0 Å². The van der Waals surface area contributed by atoms with Crippen molar-refractivity contribution in [3.63, 3.8) is 0 Å². The average molecular weight is 225 g/mol. The van der Waals surface area contributed by atoms with Gasteiger partial charge in [0.05, 0.1) is 5.56 Å². The van der Waals surface area contributed by atoms with Crippen LogP contribution >= 0.6 is 11.6 Å². The summed E-state index contributed by atoms with van der Waals surface area (Å²) >= 11 is 5.40. The third-order valence-electron chi connectivity index (χ3n) is 1.92. The normalized spacial score (nSPS) is 11.2. The van der Waals surface area contributed by atoms with Gasteiger partial charge in [-0.1, -0.05) is 29.8 Å².